The number of hydrogen-bond acceptors (Lipinski definition) is 5. The summed E-state index contributed by atoms with van der Waals surface area (Å²) in [6.45, 7) is 4.94. The van der Waals surface area contributed by atoms with Gasteiger partial charge in [-0.3, -0.25) is 9.59 Å². The molecule has 3 N–H and O–H groups in total. The first-order valence-corrected chi connectivity index (χ1v) is 35.9. The number of aliphatic hydroxyl groups excluding tert-OH is 2. The maximum atomic E-state index is 12.5. The van der Waals surface area contributed by atoms with Crippen LogP contribution >= 0.6 is 0 Å². The zero-order chi connectivity index (χ0) is 57.8. The quantitative estimate of drug-likeness (QED) is 0.0320. The topological polar surface area (TPSA) is 95.9 Å². The highest BCUT2D eigenvalue weighted by atomic mass is 16.5. The normalized spacial score (nSPS) is 12.8. The average molecular weight is 1120 g/mol. The van der Waals surface area contributed by atoms with Crippen molar-refractivity contribution in [1.82, 2.24) is 5.32 Å². The number of hydrogen-bond donors (Lipinski definition) is 3. The van der Waals surface area contributed by atoms with Gasteiger partial charge in [-0.2, -0.15) is 0 Å². The predicted molar refractivity (Wildman–Crippen MR) is 352 cm³/mol. The van der Waals surface area contributed by atoms with Crippen LogP contribution in [0.1, 0.15) is 386 Å². The van der Waals surface area contributed by atoms with Crippen LogP contribution in [0.2, 0.25) is 0 Å². The van der Waals surface area contributed by atoms with Crippen molar-refractivity contribution in [1.29, 1.82) is 0 Å². The highest BCUT2D eigenvalue weighted by Crippen LogP contribution is 2.18. The van der Waals surface area contributed by atoms with Crippen molar-refractivity contribution in [3.05, 3.63) is 48.6 Å². The lowest BCUT2D eigenvalue weighted by Gasteiger charge is -2.22. The fraction of sp³-hybridized carbons (Fsp3) is 0.865. The monoisotopic (exact) mass is 1120 g/mol. The van der Waals surface area contributed by atoms with Gasteiger partial charge >= 0.3 is 5.97 Å². The van der Waals surface area contributed by atoms with E-state index in [0.717, 1.165) is 57.8 Å². The van der Waals surface area contributed by atoms with Crippen molar-refractivity contribution in [3.8, 4) is 0 Å². The van der Waals surface area contributed by atoms with Crippen LogP contribution in [0.15, 0.2) is 48.6 Å². The number of aliphatic hydroxyl groups is 2. The Morgan fingerprint density at radius 3 is 0.975 bits per heavy atom. The standard InChI is InChI=1S/C74H139NO5/c1-3-5-7-9-11-13-15-17-39-44-48-52-56-60-64-68-74(79)80-69-65-61-57-53-49-45-41-38-36-34-32-30-28-26-24-22-20-18-19-21-23-25-27-29-31-33-35-37-40-43-47-51-55-59-63-67-73(78)75-71(70-76)72(77)66-62-58-54-50-46-42-16-14-12-10-8-6-4-2/h11,13,17,20,22,26,28,39,71-72,76-77H,3-10,12,14-16,18-19,21,23-25,27,29-38,40-70H2,1-2H3,(H,75,78)/b13-11-,22-20-,28-26-,39-17-. The molecule has 0 fully saturated rings. The largest absolute Gasteiger partial charge is 0.466 e. The number of allylic oxidation sites excluding steroid dienone is 8. The number of rotatable bonds is 67. The molecule has 6 heteroatoms. The first-order valence-electron chi connectivity index (χ1n) is 35.9. The van der Waals surface area contributed by atoms with Crippen molar-refractivity contribution < 1.29 is 24.5 Å². The predicted octanol–water partition coefficient (Wildman–Crippen LogP) is 23.3. The van der Waals surface area contributed by atoms with E-state index < -0.39 is 12.1 Å². The zero-order valence-electron chi connectivity index (χ0n) is 53.8. The third-order valence-electron chi connectivity index (χ3n) is 16.6. The first-order chi connectivity index (χ1) is 39.5. The van der Waals surface area contributed by atoms with Crippen molar-refractivity contribution >= 4 is 11.9 Å². The maximum absolute atomic E-state index is 12.5. The molecule has 0 aromatic rings. The SMILES string of the molecule is CCCCC/C=C\C/C=C\CCCCCCCC(=O)OCCCCCCCCCCCCC/C=C\C/C=C\CCCCCCCCCCCCCCCCCCCC(=O)NC(CO)C(O)CCCCCCCCCCCCCCC. The number of amides is 1. The van der Waals surface area contributed by atoms with Crippen molar-refractivity contribution in [2.75, 3.05) is 13.2 Å². The van der Waals surface area contributed by atoms with Gasteiger partial charge in [0, 0.05) is 12.8 Å². The Kier molecular flexibility index (Phi) is 67.4. The lowest BCUT2D eigenvalue weighted by molar-refractivity contribution is -0.143. The molecule has 0 aliphatic rings. The summed E-state index contributed by atoms with van der Waals surface area (Å²) in [4.78, 5) is 24.6. The summed E-state index contributed by atoms with van der Waals surface area (Å²) in [5.41, 5.74) is 0. The fourth-order valence-corrected chi connectivity index (χ4v) is 11.1. The molecule has 0 bridgehead atoms. The Morgan fingerprint density at radius 1 is 0.350 bits per heavy atom. The number of esters is 1. The number of carbonyl (C=O) groups is 2. The van der Waals surface area contributed by atoms with Crippen LogP contribution in [0.5, 0.6) is 0 Å². The Balaban J connectivity index is 3.36. The minimum Gasteiger partial charge on any atom is -0.466 e. The highest BCUT2D eigenvalue weighted by molar-refractivity contribution is 5.76. The van der Waals surface area contributed by atoms with E-state index in [1.165, 1.54) is 295 Å². The maximum Gasteiger partial charge on any atom is 0.305 e. The van der Waals surface area contributed by atoms with E-state index in [-0.39, 0.29) is 18.5 Å². The smallest absolute Gasteiger partial charge is 0.305 e. The Morgan fingerprint density at radius 2 is 0.625 bits per heavy atom. The third kappa shape index (κ3) is 65.0. The van der Waals surface area contributed by atoms with Crippen LogP contribution in [0, 0.1) is 0 Å². The van der Waals surface area contributed by atoms with E-state index in [2.05, 4.69) is 67.8 Å². The second-order valence-corrected chi connectivity index (χ2v) is 24.6. The average Bonchev–Trinajstić information content (AvgIpc) is 3.46. The minimum atomic E-state index is -0.662. The van der Waals surface area contributed by atoms with Gasteiger partial charge < -0.3 is 20.3 Å². The second-order valence-electron chi connectivity index (χ2n) is 24.6. The zero-order valence-corrected chi connectivity index (χ0v) is 53.8. The summed E-state index contributed by atoms with van der Waals surface area (Å²) >= 11 is 0. The van der Waals surface area contributed by atoms with E-state index >= 15 is 0 Å². The van der Waals surface area contributed by atoms with Crippen LogP contribution in [-0.4, -0.2) is 47.4 Å². The van der Waals surface area contributed by atoms with Crippen LogP contribution in [0.3, 0.4) is 0 Å². The molecule has 2 unspecified atom stereocenters. The van der Waals surface area contributed by atoms with E-state index in [9.17, 15) is 19.8 Å². The molecule has 0 rings (SSSR count). The molecule has 80 heavy (non-hydrogen) atoms. The van der Waals surface area contributed by atoms with E-state index in [1.807, 2.05) is 0 Å². The number of nitrogens with one attached hydrogen (secondary N) is 1. The highest BCUT2D eigenvalue weighted by Gasteiger charge is 2.20. The fourth-order valence-electron chi connectivity index (χ4n) is 11.1. The molecule has 0 heterocycles. The molecule has 470 valence electrons. The summed E-state index contributed by atoms with van der Waals surface area (Å²) in [6.07, 6.45) is 90.3. The van der Waals surface area contributed by atoms with Gasteiger partial charge in [0.15, 0.2) is 0 Å². The molecule has 0 radical (unpaired) electrons. The summed E-state index contributed by atoms with van der Waals surface area (Å²) < 4.78 is 5.48. The van der Waals surface area contributed by atoms with Gasteiger partial charge in [0.1, 0.15) is 0 Å². The van der Waals surface area contributed by atoms with Gasteiger partial charge in [-0.15, -0.1) is 0 Å². The second kappa shape index (κ2) is 69.3. The Labute approximate surface area is 499 Å². The van der Waals surface area contributed by atoms with Crippen LogP contribution in [0.25, 0.3) is 0 Å². The molecular weight excluding hydrogens is 983 g/mol. The number of ether oxygens (including phenoxy) is 1. The first kappa shape index (κ1) is 77.8. The van der Waals surface area contributed by atoms with Crippen LogP contribution < -0.4 is 5.32 Å². The van der Waals surface area contributed by atoms with Crippen molar-refractivity contribution in [2.45, 2.75) is 398 Å². The molecule has 1 amide bonds. The van der Waals surface area contributed by atoms with Crippen LogP contribution in [-0.2, 0) is 14.3 Å². The molecule has 0 aromatic carbocycles. The third-order valence-corrected chi connectivity index (χ3v) is 16.6. The van der Waals surface area contributed by atoms with Gasteiger partial charge in [0.25, 0.3) is 0 Å². The summed E-state index contributed by atoms with van der Waals surface area (Å²) in [5.74, 6) is -0.0284. The Bertz CT molecular complexity index is 1340. The summed E-state index contributed by atoms with van der Waals surface area (Å²) in [5, 5.41) is 23.3. The lowest BCUT2D eigenvalue weighted by atomic mass is 10.0. The number of carbonyl (C=O) groups excluding carboxylic acids is 2. The minimum absolute atomic E-state index is 0.00277. The van der Waals surface area contributed by atoms with Gasteiger partial charge in [0.2, 0.25) is 5.91 Å². The van der Waals surface area contributed by atoms with Gasteiger partial charge in [-0.25, -0.2) is 0 Å². The molecule has 0 aliphatic heterocycles. The van der Waals surface area contributed by atoms with Gasteiger partial charge in [0.05, 0.1) is 25.4 Å². The molecule has 0 saturated carbocycles. The molecule has 6 nitrogen and oxygen atoms in total. The molecule has 0 spiro atoms. The molecule has 0 saturated heterocycles. The Hall–Kier alpha value is -2.18. The van der Waals surface area contributed by atoms with Gasteiger partial charge in [-0.1, -0.05) is 332 Å². The molecule has 0 aliphatic carbocycles. The van der Waals surface area contributed by atoms with E-state index in [4.69, 9.17) is 4.74 Å². The van der Waals surface area contributed by atoms with E-state index in [0.29, 0.717) is 25.9 Å². The summed E-state index contributed by atoms with van der Waals surface area (Å²) in [6, 6.07) is -0.539. The van der Waals surface area contributed by atoms with Crippen LogP contribution in [0.4, 0.5) is 0 Å². The number of unbranched alkanes of at least 4 members (excludes halogenated alkanes) is 48. The molecule has 2 atom stereocenters. The summed E-state index contributed by atoms with van der Waals surface area (Å²) in [7, 11) is 0. The van der Waals surface area contributed by atoms with Crippen molar-refractivity contribution in [3.63, 3.8) is 0 Å². The molecule has 0 aromatic heterocycles. The van der Waals surface area contributed by atoms with Crippen molar-refractivity contribution in [2.24, 2.45) is 0 Å². The lowest BCUT2D eigenvalue weighted by Crippen LogP contribution is -2.45. The van der Waals surface area contributed by atoms with E-state index in [1.54, 1.807) is 0 Å². The van der Waals surface area contributed by atoms with Gasteiger partial charge in [-0.05, 0) is 89.9 Å². The molecular formula is C74H139NO5.